The number of nitrogens with one attached hydrogen (secondary N) is 1. The first-order valence-electron chi connectivity index (χ1n) is 8.36. The molecule has 21 heavy (non-hydrogen) atoms. The standard InChI is InChI=1S/C17H27N3O/c1-11(2)10-20-7-6-18-16(17(20)21)19-12(3)15-9-13-4-5-14(15)8-13/h6-7,11-15H,4-5,8-10H2,1-3H3,(H,18,19). The van der Waals surface area contributed by atoms with Gasteiger partial charge in [-0.25, -0.2) is 4.98 Å². The Kier molecular flexibility index (Phi) is 4.05. The molecule has 4 nitrogen and oxygen atoms in total. The van der Waals surface area contributed by atoms with Gasteiger partial charge in [-0.3, -0.25) is 4.79 Å². The Morgan fingerprint density at radius 1 is 1.33 bits per heavy atom. The summed E-state index contributed by atoms with van der Waals surface area (Å²) in [5.74, 6) is 3.49. The van der Waals surface area contributed by atoms with Gasteiger partial charge in [-0.15, -0.1) is 0 Å². The summed E-state index contributed by atoms with van der Waals surface area (Å²) >= 11 is 0. The van der Waals surface area contributed by atoms with E-state index in [1.807, 2.05) is 0 Å². The van der Waals surface area contributed by atoms with Crippen molar-refractivity contribution in [3.63, 3.8) is 0 Å². The molecular formula is C17H27N3O. The van der Waals surface area contributed by atoms with Crippen LogP contribution in [-0.2, 0) is 6.54 Å². The van der Waals surface area contributed by atoms with Gasteiger partial charge in [0.2, 0.25) is 0 Å². The van der Waals surface area contributed by atoms with Crippen LogP contribution in [-0.4, -0.2) is 15.6 Å². The van der Waals surface area contributed by atoms with Gasteiger partial charge in [-0.05, 0) is 49.9 Å². The first-order valence-corrected chi connectivity index (χ1v) is 8.36. The highest BCUT2D eigenvalue weighted by Gasteiger charge is 2.41. The van der Waals surface area contributed by atoms with E-state index in [2.05, 4.69) is 31.1 Å². The molecule has 3 rings (SSSR count). The van der Waals surface area contributed by atoms with Crippen molar-refractivity contribution in [2.45, 2.75) is 59.0 Å². The van der Waals surface area contributed by atoms with Crippen LogP contribution in [0.2, 0.25) is 0 Å². The van der Waals surface area contributed by atoms with Crippen molar-refractivity contribution < 1.29 is 0 Å². The Morgan fingerprint density at radius 3 is 2.76 bits per heavy atom. The zero-order chi connectivity index (χ0) is 15.0. The lowest BCUT2D eigenvalue weighted by Gasteiger charge is -2.28. The van der Waals surface area contributed by atoms with E-state index < -0.39 is 0 Å². The van der Waals surface area contributed by atoms with E-state index in [9.17, 15) is 4.79 Å². The summed E-state index contributed by atoms with van der Waals surface area (Å²) in [6.07, 6.45) is 9.04. The monoisotopic (exact) mass is 289 g/mol. The van der Waals surface area contributed by atoms with Crippen molar-refractivity contribution in [2.24, 2.45) is 23.7 Å². The first kappa shape index (κ1) is 14.6. The van der Waals surface area contributed by atoms with Crippen molar-refractivity contribution in [3.8, 4) is 0 Å². The predicted molar refractivity (Wildman–Crippen MR) is 85.4 cm³/mol. The maximum atomic E-state index is 12.5. The van der Waals surface area contributed by atoms with E-state index in [1.165, 1.54) is 25.7 Å². The van der Waals surface area contributed by atoms with Crippen molar-refractivity contribution in [3.05, 3.63) is 22.7 Å². The van der Waals surface area contributed by atoms with E-state index in [0.29, 0.717) is 23.7 Å². The third-order valence-corrected chi connectivity index (χ3v) is 5.27. The molecule has 1 heterocycles. The Hall–Kier alpha value is -1.32. The molecule has 1 aromatic rings. The SMILES string of the molecule is CC(C)Cn1ccnc(NC(C)C2CC3CCC2C3)c1=O. The lowest BCUT2D eigenvalue weighted by molar-refractivity contribution is 0.303. The lowest BCUT2D eigenvalue weighted by atomic mass is 9.84. The number of rotatable bonds is 5. The van der Waals surface area contributed by atoms with Crippen LogP contribution in [0, 0.1) is 23.7 Å². The van der Waals surface area contributed by atoms with E-state index in [0.717, 1.165) is 18.4 Å². The zero-order valence-corrected chi connectivity index (χ0v) is 13.4. The predicted octanol–water partition coefficient (Wildman–Crippen LogP) is 3.14. The molecule has 116 valence electrons. The number of anilines is 1. The highest BCUT2D eigenvalue weighted by molar-refractivity contribution is 5.32. The Bertz CT molecular complexity index is 551. The molecular weight excluding hydrogens is 262 g/mol. The molecule has 4 heteroatoms. The van der Waals surface area contributed by atoms with Gasteiger partial charge in [0.05, 0.1) is 0 Å². The smallest absolute Gasteiger partial charge is 0.293 e. The fourth-order valence-corrected chi connectivity index (χ4v) is 4.31. The second-order valence-electron chi connectivity index (χ2n) is 7.40. The molecule has 0 aromatic carbocycles. The average molecular weight is 289 g/mol. The number of nitrogens with zero attached hydrogens (tertiary/aromatic N) is 2. The molecule has 1 aromatic heterocycles. The largest absolute Gasteiger partial charge is 0.363 e. The summed E-state index contributed by atoms with van der Waals surface area (Å²) in [6, 6.07) is 0.343. The highest BCUT2D eigenvalue weighted by Crippen LogP contribution is 2.49. The van der Waals surface area contributed by atoms with Gasteiger partial charge in [0.15, 0.2) is 5.82 Å². The normalized spacial score (nSPS) is 29.0. The van der Waals surface area contributed by atoms with Crippen LogP contribution in [0.1, 0.15) is 46.5 Å². The van der Waals surface area contributed by atoms with Gasteiger partial charge in [0, 0.05) is 25.0 Å². The summed E-state index contributed by atoms with van der Waals surface area (Å²) in [6.45, 7) is 7.21. The van der Waals surface area contributed by atoms with Gasteiger partial charge in [0.25, 0.3) is 5.56 Å². The van der Waals surface area contributed by atoms with Crippen LogP contribution in [0.15, 0.2) is 17.2 Å². The van der Waals surface area contributed by atoms with Crippen molar-refractivity contribution in [1.29, 1.82) is 0 Å². The maximum Gasteiger partial charge on any atom is 0.293 e. The van der Waals surface area contributed by atoms with E-state index in [1.54, 1.807) is 17.0 Å². The lowest BCUT2D eigenvalue weighted by Crippen LogP contribution is -2.34. The molecule has 4 unspecified atom stereocenters. The fraction of sp³-hybridized carbons (Fsp3) is 0.765. The minimum atomic E-state index is 0.0150. The van der Waals surface area contributed by atoms with Gasteiger partial charge >= 0.3 is 0 Å². The third kappa shape index (κ3) is 2.99. The summed E-state index contributed by atoms with van der Waals surface area (Å²) in [5.41, 5.74) is 0.0150. The fourth-order valence-electron chi connectivity index (χ4n) is 4.31. The van der Waals surface area contributed by atoms with Crippen LogP contribution in [0.5, 0.6) is 0 Å². The third-order valence-electron chi connectivity index (χ3n) is 5.27. The topological polar surface area (TPSA) is 46.9 Å². The van der Waals surface area contributed by atoms with Gasteiger partial charge < -0.3 is 9.88 Å². The maximum absolute atomic E-state index is 12.5. The number of hydrogen-bond acceptors (Lipinski definition) is 3. The highest BCUT2D eigenvalue weighted by atomic mass is 16.1. The minimum absolute atomic E-state index is 0.0150. The minimum Gasteiger partial charge on any atom is -0.363 e. The summed E-state index contributed by atoms with van der Waals surface area (Å²) in [7, 11) is 0. The second kappa shape index (κ2) is 5.82. The molecule has 0 radical (unpaired) electrons. The number of aromatic nitrogens is 2. The van der Waals surface area contributed by atoms with E-state index in [4.69, 9.17) is 0 Å². The molecule has 0 aliphatic heterocycles. The zero-order valence-electron chi connectivity index (χ0n) is 13.4. The Labute approximate surface area is 127 Å². The second-order valence-corrected chi connectivity index (χ2v) is 7.40. The van der Waals surface area contributed by atoms with E-state index in [-0.39, 0.29) is 5.56 Å². The molecule has 0 spiro atoms. The molecule has 0 saturated heterocycles. The molecule has 1 N–H and O–H groups in total. The average Bonchev–Trinajstić information content (AvgIpc) is 3.05. The van der Waals surface area contributed by atoms with Crippen molar-refractivity contribution in [1.82, 2.24) is 9.55 Å². The molecule has 2 bridgehead atoms. The summed E-state index contributed by atoms with van der Waals surface area (Å²) in [4.78, 5) is 16.7. The van der Waals surface area contributed by atoms with Crippen LogP contribution in [0.25, 0.3) is 0 Å². The molecule has 4 atom stereocenters. The van der Waals surface area contributed by atoms with Crippen LogP contribution < -0.4 is 10.9 Å². The van der Waals surface area contributed by atoms with Crippen molar-refractivity contribution >= 4 is 5.82 Å². The number of hydrogen-bond donors (Lipinski definition) is 1. The molecule has 2 aliphatic rings. The van der Waals surface area contributed by atoms with Crippen molar-refractivity contribution in [2.75, 3.05) is 5.32 Å². The molecule has 2 fully saturated rings. The Morgan fingerprint density at radius 2 is 2.14 bits per heavy atom. The van der Waals surface area contributed by atoms with E-state index >= 15 is 0 Å². The summed E-state index contributed by atoms with van der Waals surface area (Å²) in [5, 5.41) is 3.41. The quantitative estimate of drug-likeness (QED) is 0.906. The molecule has 0 amide bonds. The van der Waals surface area contributed by atoms with Crippen LogP contribution in [0.3, 0.4) is 0 Å². The van der Waals surface area contributed by atoms with Crippen LogP contribution >= 0.6 is 0 Å². The first-order chi connectivity index (χ1) is 10.0. The van der Waals surface area contributed by atoms with Gasteiger partial charge in [-0.2, -0.15) is 0 Å². The van der Waals surface area contributed by atoms with Gasteiger partial charge in [-0.1, -0.05) is 20.3 Å². The molecule has 2 aliphatic carbocycles. The Balaban J connectivity index is 1.71. The summed E-state index contributed by atoms with van der Waals surface area (Å²) < 4.78 is 1.77. The number of fused-ring (bicyclic) bond motifs is 2. The van der Waals surface area contributed by atoms with Gasteiger partial charge in [0.1, 0.15) is 0 Å². The molecule has 2 saturated carbocycles. The van der Waals surface area contributed by atoms with Crippen LogP contribution in [0.4, 0.5) is 5.82 Å².